The van der Waals surface area contributed by atoms with Crippen molar-refractivity contribution in [3.05, 3.63) is 98.0 Å². The van der Waals surface area contributed by atoms with Gasteiger partial charge in [-0.3, -0.25) is 9.48 Å². The smallest absolute Gasteiger partial charge is 0.337 e. The fraction of sp³-hybridized carbons (Fsp3) is 0.308. The average molecular weight is 713 g/mol. The van der Waals surface area contributed by atoms with E-state index < -0.39 is 5.97 Å². The van der Waals surface area contributed by atoms with Crippen molar-refractivity contribution in [1.29, 1.82) is 0 Å². The van der Waals surface area contributed by atoms with Crippen LogP contribution in [0.1, 0.15) is 68.3 Å². The number of hydrogen-bond donors (Lipinski definition) is 1. The van der Waals surface area contributed by atoms with Gasteiger partial charge in [-0.15, -0.1) is 0 Å². The second-order valence-electron chi connectivity index (χ2n) is 13.4. The summed E-state index contributed by atoms with van der Waals surface area (Å²) < 4.78 is 12.0. The maximum atomic E-state index is 14.9. The van der Waals surface area contributed by atoms with Crippen molar-refractivity contribution >= 4 is 62.6 Å². The minimum Gasteiger partial charge on any atom is -0.494 e. The minimum atomic E-state index is -1.01. The summed E-state index contributed by atoms with van der Waals surface area (Å²) in [5.74, 6) is -0.396. The summed E-state index contributed by atoms with van der Waals surface area (Å²) in [4.78, 5) is 28.9. The number of rotatable bonds is 8. The van der Waals surface area contributed by atoms with Crippen LogP contribution in [0.3, 0.4) is 0 Å². The predicted octanol–water partition coefficient (Wildman–Crippen LogP) is 9.01. The monoisotopic (exact) mass is 711 g/mol. The third-order valence-corrected chi connectivity index (χ3v) is 11.0. The number of ether oxygens (including phenoxy) is 1. The van der Waals surface area contributed by atoms with Crippen molar-refractivity contribution in [3.8, 4) is 16.9 Å². The number of fused-ring (bicyclic) bond motifs is 4. The van der Waals surface area contributed by atoms with Crippen molar-refractivity contribution in [2.24, 2.45) is 14.1 Å². The lowest BCUT2D eigenvalue weighted by molar-refractivity contribution is 0.0698. The second-order valence-corrected chi connectivity index (χ2v) is 14.2. The molecule has 0 saturated heterocycles. The molecule has 1 atom stereocenters. The molecular weight excluding hydrogens is 673 g/mol. The molecule has 4 heterocycles. The van der Waals surface area contributed by atoms with Crippen molar-refractivity contribution in [2.45, 2.75) is 53.5 Å². The average Bonchev–Trinajstić information content (AvgIpc) is 3.70. The van der Waals surface area contributed by atoms with Crippen molar-refractivity contribution in [1.82, 2.24) is 18.9 Å². The molecule has 50 heavy (non-hydrogen) atoms. The summed E-state index contributed by atoms with van der Waals surface area (Å²) in [7, 11) is 3.74. The molecule has 9 nitrogen and oxygen atoms in total. The Labute approximate surface area is 300 Å². The van der Waals surface area contributed by atoms with Crippen LogP contribution in [0.25, 0.3) is 32.9 Å². The van der Waals surface area contributed by atoms with Gasteiger partial charge in [0.15, 0.2) is 0 Å². The highest BCUT2D eigenvalue weighted by Crippen LogP contribution is 2.45. The zero-order valence-electron chi connectivity index (χ0n) is 29.2. The topological polar surface area (TPSA) is 94.5 Å². The van der Waals surface area contributed by atoms with E-state index in [1.165, 1.54) is 0 Å². The first-order valence-electron chi connectivity index (χ1n) is 16.7. The Morgan fingerprint density at radius 1 is 0.980 bits per heavy atom. The van der Waals surface area contributed by atoms with Crippen LogP contribution in [0.5, 0.6) is 5.75 Å². The Balaban J connectivity index is 1.38. The van der Waals surface area contributed by atoms with E-state index in [2.05, 4.69) is 11.5 Å². The van der Waals surface area contributed by atoms with Gasteiger partial charge in [0.25, 0.3) is 5.91 Å². The van der Waals surface area contributed by atoms with Gasteiger partial charge >= 0.3 is 5.97 Å². The predicted molar refractivity (Wildman–Crippen MR) is 200 cm³/mol. The van der Waals surface area contributed by atoms with Crippen LogP contribution in [0, 0.1) is 27.7 Å². The number of aryl methyl sites for hydroxylation is 6. The van der Waals surface area contributed by atoms with Crippen LogP contribution in [0.4, 0.5) is 5.69 Å². The van der Waals surface area contributed by atoms with Gasteiger partial charge in [0.2, 0.25) is 0 Å². The van der Waals surface area contributed by atoms with E-state index in [1.807, 2.05) is 83.0 Å². The van der Waals surface area contributed by atoms with Crippen LogP contribution < -0.4 is 9.64 Å². The highest BCUT2D eigenvalue weighted by atomic mass is 35.5. The highest BCUT2D eigenvalue weighted by molar-refractivity contribution is 6.35. The molecule has 11 heteroatoms. The molecule has 0 aliphatic carbocycles. The lowest BCUT2D eigenvalue weighted by atomic mass is 9.98. The lowest BCUT2D eigenvalue weighted by Gasteiger charge is -2.35. The molecule has 0 bridgehead atoms. The number of aromatic nitrogens is 4. The summed E-state index contributed by atoms with van der Waals surface area (Å²) in [5, 5.41) is 17.6. The molecule has 6 aromatic rings. The molecular formula is C39H39Cl2N5O4. The van der Waals surface area contributed by atoms with E-state index in [1.54, 1.807) is 21.6 Å². The largest absolute Gasteiger partial charge is 0.494 e. The summed E-state index contributed by atoms with van der Waals surface area (Å²) >= 11 is 13.5. The number of halogens is 2. The molecule has 1 N–H and O–H groups in total. The molecule has 1 aliphatic heterocycles. The Hall–Kier alpha value is -4.73. The number of hydrogen-bond acceptors (Lipinski definition) is 4. The third-order valence-electron chi connectivity index (χ3n) is 10.1. The highest BCUT2D eigenvalue weighted by Gasteiger charge is 2.37. The molecule has 7 rings (SSSR count). The van der Waals surface area contributed by atoms with E-state index in [4.69, 9.17) is 33.0 Å². The Morgan fingerprint density at radius 3 is 2.36 bits per heavy atom. The van der Waals surface area contributed by atoms with Crippen LogP contribution in [0.15, 0.2) is 48.7 Å². The van der Waals surface area contributed by atoms with E-state index in [9.17, 15) is 14.7 Å². The number of nitrogens with zero attached hydrogens (tertiary/aromatic N) is 5. The maximum absolute atomic E-state index is 14.9. The molecule has 1 aliphatic rings. The van der Waals surface area contributed by atoms with Crippen molar-refractivity contribution < 1.29 is 19.4 Å². The molecule has 0 fully saturated rings. The molecule has 258 valence electrons. The van der Waals surface area contributed by atoms with Gasteiger partial charge in [0.1, 0.15) is 11.4 Å². The lowest BCUT2D eigenvalue weighted by Crippen LogP contribution is -2.42. The summed E-state index contributed by atoms with van der Waals surface area (Å²) in [5.41, 5.74) is 9.49. The van der Waals surface area contributed by atoms with E-state index in [0.29, 0.717) is 53.3 Å². The number of amides is 1. The van der Waals surface area contributed by atoms with Gasteiger partial charge in [0.05, 0.1) is 39.6 Å². The molecule has 1 amide bonds. The van der Waals surface area contributed by atoms with Gasteiger partial charge in [-0.1, -0.05) is 29.3 Å². The first-order chi connectivity index (χ1) is 23.8. The minimum absolute atomic E-state index is 0.136. The first-order valence-corrected chi connectivity index (χ1v) is 17.4. The van der Waals surface area contributed by atoms with Crippen LogP contribution in [-0.4, -0.2) is 49.0 Å². The molecule has 0 radical (unpaired) electrons. The Bertz CT molecular complexity index is 2360. The number of carbonyl (C=O) groups is 2. The number of anilines is 1. The zero-order valence-corrected chi connectivity index (χ0v) is 30.7. The van der Waals surface area contributed by atoms with E-state index >= 15 is 0 Å². The van der Waals surface area contributed by atoms with Crippen molar-refractivity contribution in [3.63, 3.8) is 0 Å². The van der Waals surface area contributed by atoms with E-state index in [-0.39, 0.29) is 17.5 Å². The van der Waals surface area contributed by atoms with Gasteiger partial charge < -0.3 is 23.9 Å². The third kappa shape index (κ3) is 5.26. The second kappa shape index (κ2) is 12.5. The summed E-state index contributed by atoms with van der Waals surface area (Å²) in [6.45, 7) is 10.9. The van der Waals surface area contributed by atoms with Gasteiger partial charge in [-0.05, 0) is 101 Å². The zero-order chi connectivity index (χ0) is 35.8. The molecule has 0 unspecified atom stereocenters. The number of benzene rings is 3. The van der Waals surface area contributed by atoms with Gasteiger partial charge in [-0.25, -0.2) is 4.79 Å². The summed E-state index contributed by atoms with van der Waals surface area (Å²) in [6.07, 6.45) is 3.08. The Kier molecular flexibility index (Phi) is 8.47. The van der Waals surface area contributed by atoms with Crippen molar-refractivity contribution in [2.75, 3.05) is 18.1 Å². The maximum Gasteiger partial charge on any atom is 0.337 e. The van der Waals surface area contributed by atoms with Gasteiger partial charge in [0, 0.05) is 65.5 Å². The Morgan fingerprint density at radius 2 is 1.70 bits per heavy atom. The fourth-order valence-corrected chi connectivity index (χ4v) is 8.10. The first kappa shape index (κ1) is 33.8. The number of carboxylic acid groups (broad SMARTS) is 1. The number of carbonyl (C=O) groups excluding carboxylic acids is 1. The van der Waals surface area contributed by atoms with E-state index in [0.717, 1.165) is 60.9 Å². The standard InChI is InChI=1S/C39H39Cl2N5O4/c1-20-17-25(18-21(2)34(20)41)50-16-8-9-26-27-10-12-30(40)33(32-23(4)42-44(7)24(32)5)36(27)46-22(3)19-45(38(47)37(26)46)31-13-11-29(39(48)49)35-28(31)14-15-43(35)6/h10-15,17-18,22H,8-9,16,19H2,1-7H3,(H,48,49)/t22-/m1/s1. The SMILES string of the molecule is Cc1cc(OCCCc2c3n(c4c(-c5c(C)nn(C)c5C)c(Cl)ccc24)[C@H](C)CN(c2ccc(C(=O)O)c4c2ccn4C)C3=O)cc(C)c1Cl. The fourth-order valence-electron chi connectivity index (χ4n) is 7.75. The quantitative estimate of drug-likeness (QED) is 0.159. The molecule has 3 aromatic carbocycles. The molecule has 3 aromatic heterocycles. The van der Waals surface area contributed by atoms with Crippen LogP contribution >= 0.6 is 23.2 Å². The van der Waals surface area contributed by atoms with Crippen LogP contribution in [0.2, 0.25) is 10.0 Å². The number of aromatic carboxylic acids is 1. The molecule has 0 saturated carbocycles. The summed E-state index contributed by atoms with van der Waals surface area (Å²) in [6, 6.07) is 12.9. The van der Waals surface area contributed by atoms with Crippen LogP contribution in [-0.2, 0) is 20.5 Å². The number of carboxylic acids is 1. The van der Waals surface area contributed by atoms with Gasteiger partial charge in [-0.2, -0.15) is 5.10 Å². The normalized spacial score (nSPS) is 14.6. The molecule has 0 spiro atoms.